The smallest absolute Gasteiger partial charge is 0.275 e. The average Bonchev–Trinajstić information content (AvgIpc) is 3.18. The topological polar surface area (TPSA) is 47.4 Å². The van der Waals surface area contributed by atoms with Crippen molar-refractivity contribution in [1.29, 1.82) is 0 Å². The Morgan fingerprint density at radius 3 is 2.96 bits per heavy atom. The SMILES string of the molecule is C[C@@H]1COCCN1C(=O)c1nn(-c2ccccc2F)c2c1CCC2. The Morgan fingerprint density at radius 2 is 2.17 bits per heavy atom. The van der Waals surface area contributed by atoms with E-state index in [4.69, 9.17) is 4.74 Å². The number of fused-ring (bicyclic) bond motifs is 1. The third-order valence-electron chi connectivity index (χ3n) is 4.84. The van der Waals surface area contributed by atoms with Gasteiger partial charge in [0.2, 0.25) is 0 Å². The van der Waals surface area contributed by atoms with Gasteiger partial charge >= 0.3 is 0 Å². The number of hydrogen-bond donors (Lipinski definition) is 0. The van der Waals surface area contributed by atoms with Crippen molar-refractivity contribution < 1.29 is 13.9 Å². The monoisotopic (exact) mass is 329 g/mol. The summed E-state index contributed by atoms with van der Waals surface area (Å²) in [5.74, 6) is -0.396. The molecular formula is C18H20FN3O2. The van der Waals surface area contributed by atoms with Gasteiger partial charge in [-0.25, -0.2) is 9.07 Å². The van der Waals surface area contributed by atoms with E-state index in [1.807, 2.05) is 11.8 Å². The first-order chi connectivity index (χ1) is 11.7. The summed E-state index contributed by atoms with van der Waals surface area (Å²) in [6.45, 7) is 3.64. The first-order valence-corrected chi connectivity index (χ1v) is 8.41. The van der Waals surface area contributed by atoms with Crippen molar-refractivity contribution in [3.8, 4) is 5.69 Å². The lowest BCUT2D eigenvalue weighted by molar-refractivity contribution is 0.00319. The maximum absolute atomic E-state index is 14.2. The molecule has 0 N–H and O–H groups in total. The molecule has 0 unspecified atom stereocenters. The minimum atomic E-state index is -0.326. The molecule has 4 rings (SSSR count). The molecule has 126 valence electrons. The van der Waals surface area contributed by atoms with Crippen LogP contribution in [0.25, 0.3) is 5.69 Å². The summed E-state index contributed by atoms with van der Waals surface area (Å²) in [5, 5.41) is 4.52. The zero-order chi connectivity index (χ0) is 16.7. The number of morpholine rings is 1. The van der Waals surface area contributed by atoms with Gasteiger partial charge < -0.3 is 9.64 Å². The predicted octanol–water partition coefficient (Wildman–Crippen LogP) is 2.36. The number of halogens is 1. The Hall–Kier alpha value is -2.21. The second kappa shape index (κ2) is 6.02. The fraction of sp³-hybridized carbons (Fsp3) is 0.444. The van der Waals surface area contributed by atoms with E-state index in [1.54, 1.807) is 22.9 Å². The van der Waals surface area contributed by atoms with Crippen molar-refractivity contribution in [3.05, 3.63) is 47.0 Å². The van der Waals surface area contributed by atoms with Crippen molar-refractivity contribution in [2.24, 2.45) is 0 Å². The van der Waals surface area contributed by atoms with Crippen LogP contribution in [0.2, 0.25) is 0 Å². The average molecular weight is 329 g/mol. The first-order valence-electron chi connectivity index (χ1n) is 8.41. The van der Waals surface area contributed by atoms with Crippen LogP contribution >= 0.6 is 0 Å². The number of hydrogen-bond acceptors (Lipinski definition) is 3. The Bertz CT molecular complexity index is 787. The highest BCUT2D eigenvalue weighted by Crippen LogP contribution is 2.29. The number of para-hydroxylation sites is 1. The summed E-state index contributed by atoms with van der Waals surface area (Å²) >= 11 is 0. The van der Waals surface area contributed by atoms with Gasteiger partial charge in [0.1, 0.15) is 11.5 Å². The Morgan fingerprint density at radius 1 is 1.33 bits per heavy atom. The highest BCUT2D eigenvalue weighted by Gasteiger charge is 2.32. The van der Waals surface area contributed by atoms with E-state index in [0.717, 1.165) is 30.5 Å². The van der Waals surface area contributed by atoms with Gasteiger partial charge in [-0.15, -0.1) is 0 Å². The number of aromatic nitrogens is 2. The van der Waals surface area contributed by atoms with Gasteiger partial charge in [0.05, 0.1) is 19.3 Å². The molecule has 1 aliphatic carbocycles. The number of nitrogens with zero attached hydrogens (tertiary/aromatic N) is 3. The molecule has 1 atom stereocenters. The second-order valence-electron chi connectivity index (χ2n) is 6.41. The van der Waals surface area contributed by atoms with Crippen molar-refractivity contribution >= 4 is 5.91 Å². The van der Waals surface area contributed by atoms with Crippen LogP contribution in [0, 0.1) is 5.82 Å². The highest BCUT2D eigenvalue weighted by atomic mass is 19.1. The Balaban J connectivity index is 1.76. The van der Waals surface area contributed by atoms with Crippen LogP contribution in [0.4, 0.5) is 4.39 Å². The van der Waals surface area contributed by atoms with E-state index in [9.17, 15) is 9.18 Å². The largest absolute Gasteiger partial charge is 0.377 e. The first kappa shape index (κ1) is 15.3. The lowest BCUT2D eigenvalue weighted by Crippen LogP contribution is -2.47. The third kappa shape index (κ3) is 2.41. The molecule has 0 spiro atoms. The molecule has 1 amide bonds. The molecule has 1 fully saturated rings. The van der Waals surface area contributed by atoms with Crippen molar-refractivity contribution in [3.63, 3.8) is 0 Å². The van der Waals surface area contributed by atoms with Crippen LogP contribution in [0.15, 0.2) is 24.3 Å². The zero-order valence-electron chi connectivity index (χ0n) is 13.7. The molecule has 2 heterocycles. The van der Waals surface area contributed by atoms with Gasteiger partial charge in [0, 0.05) is 17.8 Å². The molecule has 1 saturated heterocycles. The molecule has 0 saturated carbocycles. The van der Waals surface area contributed by atoms with E-state index in [1.165, 1.54) is 6.07 Å². The van der Waals surface area contributed by atoms with Gasteiger partial charge in [0.25, 0.3) is 5.91 Å². The molecule has 0 radical (unpaired) electrons. The molecule has 2 aromatic rings. The molecule has 1 aromatic carbocycles. The highest BCUT2D eigenvalue weighted by molar-refractivity contribution is 5.94. The zero-order valence-corrected chi connectivity index (χ0v) is 13.7. The van der Waals surface area contributed by atoms with Crippen LogP contribution in [0.5, 0.6) is 0 Å². The third-order valence-corrected chi connectivity index (χ3v) is 4.84. The second-order valence-corrected chi connectivity index (χ2v) is 6.41. The number of benzene rings is 1. The van der Waals surface area contributed by atoms with E-state index in [-0.39, 0.29) is 17.8 Å². The fourth-order valence-corrected chi connectivity index (χ4v) is 3.60. The molecule has 0 bridgehead atoms. The van der Waals surface area contributed by atoms with Crippen molar-refractivity contribution in [2.75, 3.05) is 19.8 Å². The number of carbonyl (C=O) groups excluding carboxylic acids is 1. The quantitative estimate of drug-likeness (QED) is 0.850. The van der Waals surface area contributed by atoms with E-state index in [0.29, 0.717) is 31.1 Å². The molecule has 6 heteroatoms. The Labute approximate surface area is 140 Å². The summed E-state index contributed by atoms with van der Waals surface area (Å²) < 4.78 is 21.2. The summed E-state index contributed by atoms with van der Waals surface area (Å²) in [5.41, 5.74) is 2.82. The van der Waals surface area contributed by atoms with Gasteiger partial charge in [-0.3, -0.25) is 4.79 Å². The van der Waals surface area contributed by atoms with Crippen LogP contribution in [-0.4, -0.2) is 46.4 Å². The number of carbonyl (C=O) groups is 1. The van der Waals surface area contributed by atoms with E-state index >= 15 is 0 Å². The molecule has 1 aromatic heterocycles. The van der Waals surface area contributed by atoms with Gasteiger partial charge in [-0.05, 0) is 38.3 Å². The summed E-state index contributed by atoms with van der Waals surface area (Å²) in [4.78, 5) is 14.8. The van der Waals surface area contributed by atoms with Crippen LogP contribution in [-0.2, 0) is 17.6 Å². The number of ether oxygens (including phenoxy) is 1. The number of rotatable bonds is 2. The lowest BCUT2D eigenvalue weighted by Gasteiger charge is -2.32. The van der Waals surface area contributed by atoms with Crippen molar-refractivity contribution in [1.82, 2.24) is 14.7 Å². The van der Waals surface area contributed by atoms with Crippen LogP contribution in [0.1, 0.15) is 35.1 Å². The maximum atomic E-state index is 14.2. The molecule has 2 aliphatic rings. The van der Waals surface area contributed by atoms with E-state index in [2.05, 4.69) is 5.10 Å². The van der Waals surface area contributed by atoms with Crippen molar-refractivity contribution in [2.45, 2.75) is 32.2 Å². The molecule has 1 aliphatic heterocycles. The fourth-order valence-electron chi connectivity index (χ4n) is 3.60. The maximum Gasteiger partial charge on any atom is 0.275 e. The van der Waals surface area contributed by atoms with Gasteiger partial charge in [-0.2, -0.15) is 5.10 Å². The predicted molar refractivity (Wildman–Crippen MR) is 86.9 cm³/mol. The van der Waals surface area contributed by atoms with Gasteiger partial charge in [0.15, 0.2) is 5.69 Å². The minimum absolute atomic E-state index is 0.0296. The number of amides is 1. The van der Waals surface area contributed by atoms with Gasteiger partial charge in [-0.1, -0.05) is 12.1 Å². The summed E-state index contributed by atoms with van der Waals surface area (Å²) in [7, 11) is 0. The molecule has 5 nitrogen and oxygen atoms in total. The standard InChI is InChI=1S/C18H20FN3O2/c1-12-11-24-10-9-21(12)18(23)17-13-5-4-8-15(13)22(20-17)16-7-3-2-6-14(16)19/h2-3,6-7,12H,4-5,8-11H2,1H3/t12-/m1/s1. The van der Waals surface area contributed by atoms with Crippen LogP contribution in [0.3, 0.4) is 0 Å². The summed E-state index contributed by atoms with van der Waals surface area (Å²) in [6, 6.07) is 6.59. The van der Waals surface area contributed by atoms with E-state index < -0.39 is 0 Å². The summed E-state index contributed by atoms with van der Waals surface area (Å²) in [6.07, 6.45) is 2.62. The minimum Gasteiger partial charge on any atom is -0.377 e. The normalized spacial score (nSPS) is 20.2. The Kier molecular flexibility index (Phi) is 3.84. The lowest BCUT2D eigenvalue weighted by atomic mass is 10.1. The molecular weight excluding hydrogens is 309 g/mol. The van der Waals surface area contributed by atoms with Crippen LogP contribution < -0.4 is 0 Å². The molecule has 24 heavy (non-hydrogen) atoms.